The van der Waals surface area contributed by atoms with Crippen molar-refractivity contribution >= 4 is 5.84 Å². The van der Waals surface area contributed by atoms with E-state index in [1.54, 1.807) is 24.3 Å². The van der Waals surface area contributed by atoms with Crippen molar-refractivity contribution in [3.63, 3.8) is 0 Å². The molecule has 0 saturated heterocycles. The quantitative estimate of drug-likeness (QED) is 0.397. The second-order valence-electron chi connectivity index (χ2n) is 5.99. The Morgan fingerprint density at radius 2 is 1.46 bits per heavy atom. The first kappa shape index (κ1) is 21.6. The molecule has 0 saturated carbocycles. The van der Waals surface area contributed by atoms with Gasteiger partial charge in [0.05, 0.1) is 24.3 Å². The van der Waals surface area contributed by atoms with Crippen molar-refractivity contribution in [1.29, 1.82) is 0 Å². The number of alkyl halides is 6. The Balaban J connectivity index is 2.24. The standard InChI is InChI=1S/C19H18F6N2O/c1-2-7-28-16-5-3-13(4-6-16)17(26)27-11-12-8-14(18(20,21)22)10-15(9-12)19(23,24)25/h3-6,8-10H,2,7,11H2,1H3,(H2,26,27). The molecule has 152 valence electrons. The Morgan fingerprint density at radius 1 is 0.929 bits per heavy atom. The number of halogens is 6. The van der Waals surface area contributed by atoms with Gasteiger partial charge in [0, 0.05) is 5.56 Å². The van der Waals surface area contributed by atoms with E-state index in [1.165, 1.54) is 0 Å². The molecule has 28 heavy (non-hydrogen) atoms. The highest BCUT2D eigenvalue weighted by molar-refractivity contribution is 5.97. The number of aliphatic imine (C=N–C) groups is 1. The molecule has 0 spiro atoms. The van der Waals surface area contributed by atoms with Gasteiger partial charge in [0.1, 0.15) is 11.6 Å². The SMILES string of the molecule is CCCOc1ccc(C(N)=NCc2cc(C(F)(F)F)cc(C(F)(F)F)c2)cc1. The summed E-state index contributed by atoms with van der Waals surface area (Å²) in [7, 11) is 0. The zero-order chi connectivity index (χ0) is 20.9. The van der Waals surface area contributed by atoms with Crippen LogP contribution >= 0.6 is 0 Å². The summed E-state index contributed by atoms with van der Waals surface area (Å²) in [6.45, 7) is 2.07. The molecule has 0 aliphatic carbocycles. The van der Waals surface area contributed by atoms with Gasteiger partial charge in [-0.15, -0.1) is 0 Å². The van der Waals surface area contributed by atoms with Crippen LogP contribution in [0.5, 0.6) is 5.75 Å². The van der Waals surface area contributed by atoms with Crippen LogP contribution in [0.25, 0.3) is 0 Å². The largest absolute Gasteiger partial charge is 0.494 e. The van der Waals surface area contributed by atoms with Crippen LogP contribution in [0.15, 0.2) is 47.5 Å². The molecule has 2 aromatic rings. The van der Waals surface area contributed by atoms with Crippen LogP contribution < -0.4 is 10.5 Å². The predicted octanol–water partition coefficient (Wildman–Crippen LogP) is 5.42. The van der Waals surface area contributed by atoms with Gasteiger partial charge in [-0.1, -0.05) is 6.92 Å². The first-order valence-electron chi connectivity index (χ1n) is 8.32. The van der Waals surface area contributed by atoms with Crippen molar-refractivity contribution in [3.05, 3.63) is 64.7 Å². The molecule has 0 unspecified atom stereocenters. The number of rotatable bonds is 6. The summed E-state index contributed by atoms with van der Waals surface area (Å²) in [5.74, 6) is 0.610. The highest BCUT2D eigenvalue weighted by Gasteiger charge is 2.36. The van der Waals surface area contributed by atoms with Gasteiger partial charge in [0.15, 0.2) is 0 Å². The van der Waals surface area contributed by atoms with Crippen LogP contribution in [-0.2, 0) is 18.9 Å². The second kappa shape index (κ2) is 8.53. The maximum Gasteiger partial charge on any atom is 0.416 e. The number of nitrogens with two attached hydrogens (primary N) is 1. The Labute approximate surface area is 157 Å². The third-order valence-electron chi connectivity index (χ3n) is 3.70. The van der Waals surface area contributed by atoms with Gasteiger partial charge in [0.2, 0.25) is 0 Å². The molecule has 0 aliphatic heterocycles. The lowest BCUT2D eigenvalue weighted by Crippen LogP contribution is -2.14. The van der Waals surface area contributed by atoms with Crippen LogP contribution in [0, 0.1) is 0 Å². The maximum atomic E-state index is 12.9. The van der Waals surface area contributed by atoms with Crippen molar-refractivity contribution in [2.24, 2.45) is 10.7 Å². The molecule has 0 amide bonds. The minimum atomic E-state index is -4.90. The molecule has 2 N–H and O–H groups in total. The van der Waals surface area contributed by atoms with Crippen molar-refractivity contribution in [2.45, 2.75) is 32.2 Å². The van der Waals surface area contributed by atoms with Gasteiger partial charge in [-0.05, 0) is 54.4 Å². The van der Waals surface area contributed by atoms with E-state index in [2.05, 4.69) is 4.99 Å². The van der Waals surface area contributed by atoms with Gasteiger partial charge < -0.3 is 10.5 Å². The van der Waals surface area contributed by atoms with Crippen LogP contribution in [-0.4, -0.2) is 12.4 Å². The summed E-state index contributed by atoms with van der Waals surface area (Å²) < 4.78 is 82.7. The lowest BCUT2D eigenvalue weighted by Gasteiger charge is -2.13. The van der Waals surface area contributed by atoms with E-state index in [0.29, 0.717) is 30.1 Å². The topological polar surface area (TPSA) is 47.6 Å². The molecule has 0 radical (unpaired) electrons. The second-order valence-corrected chi connectivity index (χ2v) is 5.99. The smallest absolute Gasteiger partial charge is 0.416 e. The Kier molecular flexibility index (Phi) is 6.58. The van der Waals surface area contributed by atoms with E-state index >= 15 is 0 Å². The lowest BCUT2D eigenvalue weighted by atomic mass is 10.0. The van der Waals surface area contributed by atoms with Gasteiger partial charge >= 0.3 is 12.4 Å². The van der Waals surface area contributed by atoms with E-state index in [1.807, 2.05) is 6.92 Å². The molecule has 9 heteroatoms. The highest BCUT2D eigenvalue weighted by atomic mass is 19.4. The molecule has 2 aromatic carbocycles. The molecule has 3 nitrogen and oxygen atoms in total. The first-order valence-corrected chi connectivity index (χ1v) is 8.32. The van der Waals surface area contributed by atoms with E-state index in [0.717, 1.165) is 6.42 Å². The monoisotopic (exact) mass is 404 g/mol. The fourth-order valence-corrected chi connectivity index (χ4v) is 2.32. The van der Waals surface area contributed by atoms with Crippen LogP contribution in [0.1, 0.15) is 35.6 Å². The normalized spacial score (nSPS) is 12.9. The molecular formula is C19H18F6N2O. The number of amidine groups is 1. The highest BCUT2D eigenvalue weighted by Crippen LogP contribution is 2.36. The van der Waals surface area contributed by atoms with E-state index < -0.39 is 30.0 Å². The molecule has 0 atom stereocenters. The summed E-state index contributed by atoms with van der Waals surface area (Å²) in [6.07, 6.45) is -8.97. The third-order valence-corrected chi connectivity index (χ3v) is 3.70. The third kappa shape index (κ3) is 5.90. The number of nitrogens with zero attached hydrogens (tertiary/aromatic N) is 1. The fourth-order valence-electron chi connectivity index (χ4n) is 2.32. The maximum absolute atomic E-state index is 12.9. The minimum Gasteiger partial charge on any atom is -0.494 e. The number of benzene rings is 2. The van der Waals surface area contributed by atoms with Crippen molar-refractivity contribution in [1.82, 2.24) is 0 Å². The van der Waals surface area contributed by atoms with Gasteiger partial charge in [-0.25, -0.2) is 0 Å². The summed E-state index contributed by atoms with van der Waals surface area (Å²) in [6, 6.07) is 7.86. The Hall–Kier alpha value is -2.71. The molecule has 0 bridgehead atoms. The molecule has 0 aliphatic rings. The van der Waals surface area contributed by atoms with Gasteiger partial charge in [-0.2, -0.15) is 26.3 Å². The van der Waals surface area contributed by atoms with Crippen LogP contribution in [0.2, 0.25) is 0 Å². The van der Waals surface area contributed by atoms with Crippen molar-refractivity contribution in [3.8, 4) is 5.75 Å². The van der Waals surface area contributed by atoms with Crippen LogP contribution in [0.3, 0.4) is 0 Å². The van der Waals surface area contributed by atoms with Crippen molar-refractivity contribution in [2.75, 3.05) is 6.61 Å². The summed E-state index contributed by atoms with van der Waals surface area (Å²) in [5, 5.41) is 0. The average Bonchev–Trinajstić information content (AvgIpc) is 2.63. The molecule has 2 rings (SSSR count). The predicted molar refractivity (Wildman–Crippen MR) is 93.1 cm³/mol. The zero-order valence-electron chi connectivity index (χ0n) is 14.9. The fraction of sp³-hybridized carbons (Fsp3) is 0.316. The average molecular weight is 404 g/mol. The minimum absolute atomic E-state index is 0.00647. The number of hydrogen-bond donors (Lipinski definition) is 1. The summed E-state index contributed by atoms with van der Waals surface area (Å²) >= 11 is 0. The molecule has 0 heterocycles. The summed E-state index contributed by atoms with van der Waals surface area (Å²) in [4.78, 5) is 3.92. The Morgan fingerprint density at radius 3 is 1.93 bits per heavy atom. The van der Waals surface area contributed by atoms with Crippen LogP contribution in [0.4, 0.5) is 26.3 Å². The molecular weight excluding hydrogens is 386 g/mol. The van der Waals surface area contributed by atoms with E-state index in [9.17, 15) is 26.3 Å². The number of ether oxygens (including phenoxy) is 1. The van der Waals surface area contributed by atoms with E-state index in [4.69, 9.17) is 10.5 Å². The molecule has 0 fully saturated rings. The van der Waals surface area contributed by atoms with Crippen molar-refractivity contribution < 1.29 is 31.1 Å². The molecule has 0 aromatic heterocycles. The van der Waals surface area contributed by atoms with Gasteiger partial charge in [0.25, 0.3) is 0 Å². The zero-order valence-corrected chi connectivity index (χ0v) is 14.9. The summed E-state index contributed by atoms with van der Waals surface area (Å²) in [5.41, 5.74) is 3.27. The van der Waals surface area contributed by atoms with E-state index in [-0.39, 0.29) is 17.5 Å². The number of hydrogen-bond acceptors (Lipinski definition) is 2. The van der Waals surface area contributed by atoms with Gasteiger partial charge in [-0.3, -0.25) is 4.99 Å². The first-order chi connectivity index (χ1) is 13.0. The Bertz CT molecular complexity index is 794. The lowest BCUT2D eigenvalue weighted by molar-refractivity contribution is -0.143.